The Morgan fingerprint density at radius 1 is 1.25 bits per heavy atom. The topological polar surface area (TPSA) is 29.5 Å². The molecule has 20 heavy (non-hydrogen) atoms. The smallest absolute Gasteiger partial charge is 0.270 e. The molecule has 110 valence electrons. The highest BCUT2D eigenvalue weighted by Gasteiger charge is 2.40. The van der Waals surface area contributed by atoms with Crippen LogP contribution in [-0.2, 0) is 4.79 Å². The highest BCUT2D eigenvalue weighted by Crippen LogP contribution is 2.39. The van der Waals surface area contributed by atoms with Crippen molar-refractivity contribution < 1.29 is 9.53 Å². The molecule has 0 spiro atoms. The maximum Gasteiger partial charge on any atom is 0.270 e. The average molecular weight is 296 g/mol. The summed E-state index contributed by atoms with van der Waals surface area (Å²) in [6.45, 7) is 6.52. The molecule has 2 rings (SSSR count). The molecule has 0 saturated heterocycles. The SMILES string of the molecule is CCCCCCN1C(=O)C(C)(C)Oc2ccc(Cl)cc21. The monoisotopic (exact) mass is 295 g/mol. The van der Waals surface area contributed by atoms with Crippen LogP contribution in [0.1, 0.15) is 46.5 Å². The Morgan fingerprint density at radius 3 is 2.70 bits per heavy atom. The Bertz CT molecular complexity index is 499. The number of fused-ring (bicyclic) bond motifs is 1. The van der Waals surface area contributed by atoms with Gasteiger partial charge in [-0.15, -0.1) is 0 Å². The molecule has 0 N–H and O–H groups in total. The van der Waals surface area contributed by atoms with E-state index in [9.17, 15) is 4.79 Å². The maximum atomic E-state index is 12.5. The third kappa shape index (κ3) is 3.09. The van der Waals surface area contributed by atoms with Crippen LogP contribution in [0.25, 0.3) is 0 Å². The van der Waals surface area contributed by atoms with Gasteiger partial charge in [-0.25, -0.2) is 0 Å². The normalized spacial score (nSPS) is 16.8. The number of amides is 1. The summed E-state index contributed by atoms with van der Waals surface area (Å²) in [5.41, 5.74) is -0.0238. The molecule has 0 saturated carbocycles. The lowest BCUT2D eigenvalue weighted by Crippen LogP contribution is -2.52. The molecule has 1 aliphatic rings. The van der Waals surface area contributed by atoms with Crippen LogP contribution in [0.15, 0.2) is 18.2 Å². The fourth-order valence-corrected chi connectivity index (χ4v) is 2.63. The van der Waals surface area contributed by atoms with Gasteiger partial charge in [0.1, 0.15) is 5.75 Å². The van der Waals surface area contributed by atoms with Gasteiger partial charge in [-0.1, -0.05) is 37.8 Å². The summed E-state index contributed by atoms with van der Waals surface area (Å²) in [6.07, 6.45) is 4.52. The highest BCUT2D eigenvalue weighted by molar-refractivity contribution is 6.31. The molecule has 0 fully saturated rings. The summed E-state index contributed by atoms with van der Waals surface area (Å²) < 4.78 is 5.79. The van der Waals surface area contributed by atoms with E-state index >= 15 is 0 Å². The Labute approximate surface area is 125 Å². The average Bonchev–Trinajstić information content (AvgIpc) is 2.39. The van der Waals surface area contributed by atoms with E-state index in [1.54, 1.807) is 6.07 Å². The van der Waals surface area contributed by atoms with Crippen LogP contribution >= 0.6 is 11.6 Å². The Morgan fingerprint density at radius 2 is 2.00 bits per heavy atom. The summed E-state index contributed by atoms with van der Waals surface area (Å²) in [5, 5.41) is 0.624. The molecular weight excluding hydrogens is 274 g/mol. The first kappa shape index (κ1) is 15.2. The molecule has 3 nitrogen and oxygen atoms in total. The largest absolute Gasteiger partial charge is 0.476 e. The number of benzene rings is 1. The van der Waals surface area contributed by atoms with Crippen LogP contribution in [-0.4, -0.2) is 18.1 Å². The number of anilines is 1. The molecule has 4 heteroatoms. The van der Waals surface area contributed by atoms with Crippen molar-refractivity contribution in [2.45, 2.75) is 52.1 Å². The van der Waals surface area contributed by atoms with Crippen LogP contribution in [0.2, 0.25) is 5.02 Å². The van der Waals surface area contributed by atoms with Gasteiger partial charge in [-0.2, -0.15) is 0 Å². The Hall–Kier alpha value is -1.22. The van der Waals surface area contributed by atoms with Gasteiger partial charge in [0.2, 0.25) is 0 Å². The summed E-state index contributed by atoms with van der Waals surface area (Å²) in [6, 6.07) is 5.44. The van der Waals surface area contributed by atoms with Gasteiger partial charge in [-0.3, -0.25) is 4.79 Å². The van der Waals surface area contributed by atoms with Crippen molar-refractivity contribution in [2.24, 2.45) is 0 Å². The minimum Gasteiger partial charge on any atom is -0.476 e. The van der Waals surface area contributed by atoms with Crippen LogP contribution in [0.5, 0.6) is 5.75 Å². The molecule has 0 atom stereocenters. The van der Waals surface area contributed by atoms with Crippen molar-refractivity contribution in [3.05, 3.63) is 23.2 Å². The fraction of sp³-hybridized carbons (Fsp3) is 0.562. The summed E-state index contributed by atoms with van der Waals surface area (Å²) in [7, 11) is 0. The van der Waals surface area contributed by atoms with E-state index in [4.69, 9.17) is 16.3 Å². The number of halogens is 1. The van der Waals surface area contributed by atoms with Gasteiger partial charge >= 0.3 is 0 Å². The van der Waals surface area contributed by atoms with Crippen molar-refractivity contribution in [3.63, 3.8) is 0 Å². The van der Waals surface area contributed by atoms with Gasteiger partial charge < -0.3 is 9.64 Å². The van der Waals surface area contributed by atoms with Crippen molar-refractivity contribution in [1.29, 1.82) is 0 Å². The number of unbranched alkanes of at least 4 members (excludes halogenated alkanes) is 3. The van der Waals surface area contributed by atoms with Crippen molar-refractivity contribution in [2.75, 3.05) is 11.4 Å². The van der Waals surface area contributed by atoms with Crippen molar-refractivity contribution in [1.82, 2.24) is 0 Å². The lowest BCUT2D eigenvalue weighted by Gasteiger charge is -2.39. The van der Waals surface area contributed by atoms with Gasteiger partial charge in [0, 0.05) is 11.6 Å². The zero-order chi connectivity index (χ0) is 14.8. The minimum absolute atomic E-state index is 0.00349. The number of carbonyl (C=O) groups is 1. The van der Waals surface area contributed by atoms with Gasteiger partial charge in [-0.05, 0) is 38.5 Å². The molecular formula is C16H22ClNO2. The van der Waals surface area contributed by atoms with E-state index < -0.39 is 5.60 Å². The second-order valence-corrected chi connectivity index (χ2v) is 6.18. The third-order valence-electron chi connectivity index (χ3n) is 3.57. The molecule has 0 aliphatic carbocycles. The van der Waals surface area contributed by atoms with Crippen LogP contribution in [0.3, 0.4) is 0 Å². The Kier molecular flexibility index (Phi) is 4.59. The lowest BCUT2D eigenvalue weighted by molar-refractivity contribution is -0.132. The highest BCUT2D eigenvalue weighted by atomic mass is 35.5. The number of hydrogen-bond acceptors (Lipinski definition) is 2. The standard InChI is InChI=1S/C16H22ClNO2/c1-4-5-6-7-10-18-13-11-12(17)8-9-14(13)20-16(2,3)15(18)19/h8-9,11H,4-7,10H2,1-3H3. The number of nitrogens with zero attached hydrogens (tertiary/aromatic N) is 1. The van der Waals surface area contributed by atoms with E-state index in [-0.39, 0.29) is 5.91 Å². The van der Waals surface area contributed by atoms with Crippen LogP contribution in [0, 0.1) is 0 Å². The predicted molar refractivity (Wildman–Crippen MR) is 82.7 cm³/mol. The molecule has 0 unspecified atom stereocenters. The van der Waals surface area contributed by atoms with Crippen LogP contribution in [0.4, 0.5) is 5.69 Å². The van der Waals surface area contributed by atoms with Crippen molar-refractivity contribution >= 4 is 23.2 Å². The first-order chi connectivity index (χ1) is 9.45. The van der Waals surface area contributed by atoms with Gasteiger partial charge in [0.25, 0.3) is 5.91 Å². The molecule has 1 amide bonds. The molecule has 0 bridgehead atoms. The maximum absolute atomic E-state index is 12.5. The molecule has 0 aromatic heterocycles. The number of rotatable bonds is 5. The zero-order valence-electron chi connectivity index (χ0n) is 12.4. The van der Waals surface area contributed by atoms with Gasteiger partial charge in [0.05, 0.1) is 5.69 Å². The first-order valence-corrected chi connectivity index (χ1v) is 7.64. The summed E-state index contributed by atoms with van der Waals surface area (Å²) in [5.74, 6) is 0.734. The first-order valence-electron chi connectivity index (χ1n) is 7.26. The number of hydrogen-bond donors (Lipinski definition) is 0. The van der Waals surface area contributed by atoms with E-state index in [1.165, 1.54) is 12.8 Å². The lowest BCUT2D eigenvalue weighted by atomic mass is 10.0. The summed E-state index contributed by atoms with van der Waals surface area (Å²) in [4.78, 5) is 14.4. The van der Waals surface area contributed by atoms with E-state index in [1.807, 2.05) is 30.9 Å². The van der Waals surface area contributed by atoms with Crippen molar-refractivity contribution in [3.8, 4) is 5.75 Å². The number of carbonyl (C=O) groups excluding carboxylic acids is 1. The molecule has 1 aromatic carbocycles. The molecule has 0 radical (unpaired) electrons. The van der Waals surface area contributed by atoms with E-state index in [2.05, 4.69) is 6.92 Å². The quantitative estimate of drug-likeness (QED) is 0.752. The molecule has 1 heterocycles. The predicted octanol–water partition coefficient (Wildman–Crippen LogP) is 4.42. The third-order valence-corrected chi connectivity index (χ3v) is 3.81. The second-order valence-electron chi connectivity index (χ2n) is 5.74. The summed E-state index contributed by atoms with van der Waals surface area (Å²) >= 11 is 6.05. The van der Waals surface area contributed by atoms with Gasteiger partial charge in [0.15, 0.2) is 5.60 Å². The molecule has 1 aliphatic heterocycles. The van der Waals surface area contributed by atoms with Crippen LogP contribution < -0.4 is 9.64 Å². The van der Waals surface area contributed by atoms with E-state index in [0.717, 1.165) is 30.8 Å². The minimum atomic E-state index is -0.814. The fourth-order valence-electron chi connectivity index (χ4n) is 2.46. The number of ether oxygens (including phenoxy) is 1. The molecule has 1 aromatic rings. The Balaban J connectivity index is 2.23. The van der Waals surface area contributed by atoms with E-state index in [0.29, 0.717) is 5.02 Å². The zero-order valence-corrected chi connectivity index (χ0v) is 13.2. The second kappa shape index (κ2) is 6.04.